The van der Waals surface area contributed by atoms with Crippen LogP contribution in [0.25, 0.3) is 11.6 Å². The monoisotopic (exact) mass is 573 g/mol. The first kappa shape index (κ1) is 28.6. The molecule has 214 valence electrons. The third kappa shape index (κ3) is 5.91. The molecule has 2 atom stereocenters. The van der Waals surface area contributed by atoms with E-state index < -0.39 is 5.54 Å². The predicted molar refractivity (Wildman–Crippen MR) is 158 cm³/mol. The van der Waals surface area contributed by atoms with Crippen molar-refractivity contribution in [1.82, 2.24) is 30.4 Å². The predicted octanol–water partition coefficient (Wildman–Crippen LogP) is 4.92. The molecule has 41 heavy (non-hydrogen) atoms. The van der Waals surface area contributed by atoms with Crippen LogP contribution in [0.2, 0.25) is 0 Å². The molecule has 0 spiro atoms. The van der Waals surface area contributed by atoms with Crippen molar-refractivity contribution < 1.29 is 14.0 Å². The third-order valence-electron chi connectivity index (χ3n) is 7.54. The summed E-state index contributed by atoms with van der Waals surface area (Å²) < 4.78 is 6.20. The quantitative estimate of drug-likeness (QED) is 0.300. The fourth-order valence-corrected chi connectivity index (χ4v) is 6.16. The van der Waals surface area contributed by atoms with Crippen molar-refractivity contribution in [2.45, 2.75) is 58.5 Å². The highest BCUT2D eigenvalue weighted by atomic mass is 32.1. The van der Waals surface area contributed by atoms with E-state index in [1.165, 1.54) is 11.8 Å². The number of hydrogen-bond donors (Lipinski definition) is 1. The van der Waals surface area contributed by atoms with Crippen molar-refractivity contribution in [3.8, 4) is 11.6 Å². The number of amides is 2. The van der Waals surface area contributed by atoms with Gasteiger partial charge in [-0.3, -0.25) is 14.5 Å². The van der Waals surface area contributed by atoms with Gasteiger partial charge in [0.15, 0.2) is 0 Å². The van der Waals surface area contributed by atoms with Crippen molar-refractivity contribution in [1.29, 1.82) is 0 Å². The van der Waals surface area contributed by atoms with E-state index in [0.717, 1.165) is 29.1 Å². The smallest absolute Gasteiger partial charge is 0.266 e. The summed E-state index contributed by atoms with van der Waals surface area (Å²) in [5.41, 5.74) is 2.18. The number of pyridine rings is 1. The molecule has 10 nitrogen and oxygen atoms in total. The van der Waals surface area contributed by atoms with Crippen molar-refractivity contribution in [2.24, 2.45) is 0 Å². The number of nitrogens with one attached hydrogen (secondary N) is 1. The Morgan fingerprint density at radius 2 is 1.98 bits per heavy atom. The fourth-order valence-electron chi connectivity index (χ4n) is 5.22. The standard InChI is InChI=1S/C30H35N7O3S/c1-6-36(20(3)38)25-16-22(28(39)37-14-10-13-24(37)27-32-19(2)18-41-27)15-23(33-25)26-34-35-29(40-26)30(4,31-5)17-21-11-8-7-9-12-21/h7-9,11-12,15-16,18,24,31H,6,10,13-14,17H2,1-5H3. The highest BCUT2D eigenvalue weighted by Gasteiger charge is 2.35. The molecule has 0 aliphatic carbocycles. The number of likely N-dealkylation sites (tertiary alicyclic amines) is 1. The summed E-state index contributed by atoms with van der Waals surface area (Å²) in [7, 11) is 1.85. The maximum Gasteiger partial charge on any atom is 0.266 e. The van der Waals surface area contributed by atoms with Gasteiger partial charge in [-0.05, 0) is 64.8 Å². The number of hydrogen-bond acceptors (Lipinski definition) is 9. The Bertz CT molecular complexity index is 1540. The van der Waals surface area contributed by atoms with Gasteiger partial charge >= 0.3 is 0 Å². The summed E-state index contributed by atoms with van der Waals surface area (Å²) in [6, 6.07) is 13.3. The lowest BCUT2D eigenvalue weighted by molar-refractivity contribution is -0.116. The summed E-state index contributed by atoms with van der Waals surface area (Å²) in [5, 5.41) is 14.9. The molecular weight excluding hydrogens is 538 g/mol. The molecule has 2 unspecified atom stereocenters. The van der Waals surface area contributed by atoms with Crippen LogP contribution in [-0.4, -0.2) is 57.0 Å². The molecule has 1 aliphatic rings. The van der Waals surface area contributed by atoms with Gasteiger partial charge in [0.05, 0.1) is 11.6 Å². The summed E-state index contributed by atoms with van der Waals surface area (Å²) in [6.07, 6.45) is 2.38. The largest absolute Gasteiger partial charge is 0.417 e. The molecule has 1 aromatic carbocycles. The molecule has 0 saturated carbocycles. The van der Waals surface area contributed by atoms with Crippen LogP contribution in [0.15, 0.2) is 52.3 Å². The molecule has 1 N–H and O–H groups in total. The maximum absolute atomic E-state index is 14.0. The Morgan fingerprint density at radius 3 is 2.63 bits per heavy atom. The Hall–Kier alpha value is -3.96. The molecule has 11 heteroatoms. The minimum Gasteiger partial charge on any atom is -0.417 e. The van der Waals surface area contributed by atoms with Crippen LogP contribution >= 0.6 is 11.3 Å². The van der Waals surface area contributed by atoms with Crippen molar-refractivity contribution in [3.63, 3.8) is 0 Å². The molecular formula is C30H35N7O3S. The van der Waals surface area contributed by atoms with Crippen molar-refractivity contribution in [2.75, 3.05) is 25.0 Å². The summed E-state index contributed by atoms with van der Waals surface area (Å²) in [6.45, 7) is 8.33. The Morgan fingerprint density at radius 1 is 1.20 bits per heavy atom. The number of benzene rings is 1. The number of aryl methyl sites for hydroxylation is 1. The lowest BCUT2D eigenvalue weighted by Crippen LogP contribution is -2.39. The van der Waals surface area contributed by atoms with E-state index in [1.54, 1.807) is 23.5 Å². The average Bonchev–Trinajstić information content (AvgIpc) is 3.74. The zero-order valence-electron chi connectivity index (χ0n) is 24.0. The summed E-state index contributed by atoms with van der Waals surface area (Å²) >= 11 is 1.58. The van der Waals surface area contributed by atoms with Crippen molar-refractivity contribution in [3.05, 3.63) is 75.6 Å². The molecule has 1 saturated heterocycles. The topological polar surface area (TPSA) is 117 Å². The Labute approximate surface area is 243 Å². The van der Waals surface area contributed by atoms with Crippen LogP contribution in [0.1, 0.15) is 72.2 Å². The highest BCUT2D eigenvalue weighted by Crippen LogP contribution is 2.36. The van der Waals surface area contributed by atoms with Crippen molar-refractivity contribution >= 4 is 29.0 Å². The molecule has 1 fully saturated rings. The SMILES string of the molecule is CCN(C(C)=O)c1cc(C(=O)N2CCCC2c2nc(C)cs2)cc(-c2nnc(C(C)(Cc3ccccc3)NC)o2)n1. The molecule has 4 heterocycles. The van der Waals surface area contributed by atoms with Crippen LogP contribution in [0.5, 0.6) is 0 Å². The van der Waals surface area contributed by atoms with E-state index in [9.17, 15) is 9.59 Å². The van der Waals surface area contributed by atoms with Crippen LogP contribution in [0, 0.1) is 6.92 Å². The number of likely N-dealkylation sites (N-methyl/N-ethyl adjacent to an activating group) is 1. The van der Waals surface area contributed by atoms with Crippen LogP contribution in [0.3, 0.4) is 0 Å². The average molecular weight is 574 g/mol. The van der Waals surface area contributed by atoms with Gasteiger partial charge in [0.2, 0.25) is 11.8 Å². The molecule has 4 aromatic rings. The minimum atomic E-state index is -0.633. The molecule has 2 amide bonds. The van der Waals surface area contributed by atoms with Gasteiger partial charge in [-0.2, -0.15) is 0 Å². The summed E-state index contributed by atoms with van der Waals surface area (Å²) in [5.74, 6) is 0.621. The Kier molecular flexibility index (Phi) is 8.27. The van der Waals surface area contributed by atoms with Gasteiger partial charge in [0, 0.05) is 36.7 Å². The van der Waals surface area contributed by atoms with E-state index in [2.05, 4.69) is 32.6 Å². The normalized spacial score (nSPS) is 16.5. The van der Waals surface area contributed by atoms with Gasteiger partial charge in [0.1, 0.15) is 16.5 Å². The number of anilines is 1. The van der Waals surface area contributed by atoms with E-state index >= 15 is 0 Å². The number of nitrogens with zero attached hydrogens (tertiary/aromatic N) is 6. The first-order chi connectivity index (χ1) is 19.7. The highest BCUT2D eigenvalue weighted by molar-refractivity contribution is 7.09. The molecule has 1 aliphatic heterocycles. The van der Waals surface area contributed by atoms with E-state index in [-0.39, 0.29) is 23.7 Å². The second-order valence-corrected chi connectivity index (χ2v) is 11.4. The fraction of sp³-hybridized carbons (Fsp3) is 0.400. The Balaban J connectivity index is 1.52. The van der Waals surface area contributed by atoms with Gasteiger partial charge in [-0.1, -0.05) is 30.3 Å². The zero-order chi connectivity index (χ0) is 29.1. The number of carbonyl (C=O) groups is 2. The third-order valence-corrected chi connectivity index (χ3v) is 8.60. The molecule has 0 radical (unpaired) electrons. The van der Waals surface area contributed by atoms with Gasteiger partial charge < -0.3 is 14.6 Å². The van der Waals surface area contributed by atoms with Crippen LogP contribution < -0.4 is 10.2 Å². The van der Waals surface area contributed by atoms with E-state index in [4.69, 9.17) is 9.40 Å². The molecule has 5 rings (SSSR count). The van der Waals surface area contributed by atoms with Gasteiger partial charge in [0.25, 0.3) is 11.8 Å². The van der Waals surface area contributed by atoms with Crippen LogP contribution in [0.4, 0.5) is 5.82 Å². The van der Waals surface area contributed by atoms with Gasteiger partial charge in [-0.15, -0.1) is 21.5 Å². The number of aromatic nitrogens is 4. The zero-order valence-corrected chi connectivity index (χ0v) is 24.9. The number of rotatable bonds is 9. The van der Waals surface area contributed by atoms with Crippen LogP contribution in [-0.2, 0) is 16.8 Å². The summed E-state index contributed by atoms with van der Waals surface area (Å²) in [4.78, 5) is 39.2. The van der Waals surface area contributed by atoms with E-state index in [1.807, 2.05) is 56.3 Å². The lowest BCUT2D eigenvalue weighted by Gasteiger charge is -2.25. The first-order valence-corrected chi connectivity index (χ1v) is 14.7. The molecule has 0 bridgehead atoms. The first-order valence-electron chi connectivity index (χ1n) is 13.8. The number of thiazole rings is 1. The van der Waals surface area contributed by atoms with Gasteiger partial charge in [-0.25, -0.2) is 9.97 Å². The second kappa shape index (κ2) is 11.9. The second-order valence-electron chi connectivity index (χ2n) is 10.5. The van der Waals surface area contributed by atoms with E-state index in [0.29, 0.717) is 42.5 Å². The molecule has 3 aromatic heterocycles. The number of carbonyl (C=O) groups excluding carboxylic acids is 2. The lowest BCUT2D eigenvalue weighted by atomic mass is 9.93. The maximum atomic E-state index is 14.0. The minimum absolute atomic E-state index is 0.0827.